The van der Waals surface area contributed by atoms with Crippen LogP contribution in [0.3, 0.4) is 0 Å². The van der Waals surface area contributed by atoms with E-state index in [1.54, 1.807) is 0 Å². The number of nitrogen functional groups attached to an aromatic ring is 1. The third-order valence-corrected chi connectivity index (χ3v) is 3.21. The van der Waals surface area contributed by atoms with Crippen molar-refractivity contribution in [2.45, 2.75) is 18.4 Å². The maximum absolute atomic E-state index is 11.9. The number of H-pyrrole nitrogens is 1. The predicted molar refractivity (Wildman–Crippen MR) is 70.3 cm³/mol. The quantitative estimate of drug-likeness (QED) is 0.620. The average molecular weight is 258 g/mol. The number of rotatable bonds is 3. The molecule has 7 heteroatoms. The molecule has 0 saturated heterocycles. The molecule has 0 spiro atoms. The number of nitrogens with zero attached hydrogens (tertiary/aromatic N) is 2. The highest BCUT2D eigenvalue weighted by Gasteiger charge is 2.45. The number of hydrogen-bond donors (Lipinski definition) is 4. The van der Waals surface area contributed by atoms with Crippen molar-refractivity contribution in [3.63, 3.8) is 0 Å². The Bertz CT molecular complexity index is 573. The van der Waals surface area contributed by atoms with Crippen LogP contribution in [-0.2, 0) is 5.54 Å². The number of urea groups is 1. The molecule has 3 rings (SSSR count). The first-order chi connectivity index (χ1) is 9.18. The Balaban J connectivity index is 1.68. The van der Waals surface area contributed by atoms with Crippen molar-refractivity contribution >= 4 is 17.7 Å². The number of nitrogens with two attached hydrogens (primary N) is 1. The number of anilines is 2. The van der Waals surface area contributed by atoms with Gasteiger partial charge in [0.15, 0.2) is 0 Å². The fourth-order valence-electron chi connectivity index (χ4n) is 2.03. The molecule has 1 aliphatic carbocycles. The van der Waals surface area contributed by atoms with Gasteiger partial charge in [-0.1, -0.05) is 12.1 Å². The van der Waals surface area contributed by atoms with Gasteiger partial charge in [-0.2, -0.15) is 10.1 Å². The molecule has 1 heterocycles. The molecular weight excluding hydrogens is 244 g/mol. The average Bonchev–Trinajstić information content (AvgIpc) is 2.98. The highest BCUT2D eigenvalue weighted by atomic mass is 16.2. The normalized spacial score (nSPS) is 15.8. The fourth-order valence-corrected chi connectivity index (χ4v) is 2.03. The van der Waals surface area contributed by atoms with Gasteiger partial charge in [0.25, 0.3) is 0 Å². The second kappa shape index (κ2) is 4.27. The molecule has 1 aromatic heterocycles. The summed E-state index contributed by atoms with van der Waals surface area (Å²) in [6.07, 6.45) is 3.17. The summed E-state index contributed by atoms with van der Waals surface area (Å²) in [7, 11) is 0. The Kier molecular flexibility index (Phi) is 2.59. The van der Waals surface area contributed by atoms with Crippen LogP contribution >= 0.6 is 0 Å². The van der Waals surface area contributed by atoms with E-state index in [9.17, 15) is 4.79 Å². The van der Waals surface area contributed by atoms with Crippen molar-refractivity contribution in [1.29, 1.82) is 0 Å². The van der Waals surface area contributed by atoms with E-state index in [4.69, 9.17) is 5.73 Å². The van der Waals surface area contributed by atoms with Gasteiger partial charge in [0.1, 0.15) is 6.33 Å². The van der Waals surface area contributed by atoms with Crippen LogP contribution in [-0.4, -0.2) is 21.2 Å². The first-order valence-corrected chi connectivity index (χ1v) is 5.98. The monoisotopic (exact) mass is 258 g/mol. The molecule has 7 nitrogen and oxygen atoms in total. The highest BCUT2D eigenvalue weighted by molar-refractivity contribution is 5.88. The number of carbonyl (C=O) groups excluding carboxylic acids is 1. The van der Waals surface area contributed by atoms with Gasteiger partial charge in [0, 0.05) is 5.69 Å². The minimum Gasteiger partial charge on any atom is -0.399 e. The Labute approximate surface area is 109 Å². The summed E-state index contributed by atoms with van der Waals surface area (Å²) in [5, 5.41) is 11.8. The van der Waals surface area contributed by atoms with E-state index in [2.05, 4.69) is 25.8 Å². The Morgan fingerprint density at radius 2 is 2.05 bits per heavy atom. The number of nitrogens with one attached hydrogen (secondary N) is 3. The van der Waals surface area contributed by atoms with E-state index >= 15 is 0 Å². The van der Waals surface area contributed by atoms with Crippen LogP contribution in [0.15, 0.2) is 30.6 Å². The lowest BCUT2D eigenvalue weighted by molar-refractivity contribution is 0.247. The van der Waals surface area contributed by atoms with E-state index in [0.717, 1.165) is 18.4 Å². The van der Waals surface area contributed by atoms with E-state index in [1.807, 2.05) is 24.3 Å². The van der Waals surface area contributed by atoms with Crippen molar-refractivity contribution in [3.05, 3.63) is 36.2 Å². The van der Waals surface area contributed by atoms with Gasteiger partial charge < -0.3 is 11.1 Å². The lowest BCUT2D eigenvalue weighted by Crippen LogP contribution is -2.38. The minimum atomic E-state index is -0.300. The summed E-state index contributed by atoms with van der Waals surface area (Å²) >= 11 is 0. The van der Waals surface area contributed by atoms with E-state index in [0.29, 0.717) is 11.6 Å². The number of amides is 2. The molecule has 0 unspecified atom stereocenters. The highest BCUT2D eigenvalue weighted by Crippen LogP contribution is 2.45. The third kappa shape index (κ3) is 2.35. The van der Waals surface area contributed by atoms with Gasteiger partial charge in [0.2, 0.25) is 5.95 Å². The standard InChI is InChI=1S/C12H14N6O/c13-9-3-1-8(2-4-9)12(5-6-12)17-11(19)16-10-14-7-15-18-10/h1-4,7H,5-6,13H2,(H3,14,15,16,17,18,19). The van der Waals surface area contributed by atoms with Crippen molar-refractivity contribution in [2.75, 3.05) is 11.1 Å². The third-order valence-electron chi connectivity index (χ3n) is 3.21. The largest absolute Gasteiger partial charge is 0.399 e. The molecule has 1 aliphatic rings. The summed E-state index contributed by atoms with van der Waals surface area (Å²) in [4.78, 5) is 15.7. The second-order valence-corrected chi connectivity index (χ2v) is 4.62. The fraction of sp³-hybridized carbons (Fsp3) is 0.250. The number of carbonyl (C=O) groups is 1. The molecule has 5 N–H and O–H groups in total. The van der Waals surface area contributed by atoms with Gasteiger partial charge >= 0.3 is 6.03 Å². The molecule has 0 atom stereocenters. The predicted octanol–water partition coefficient (Wildman–Crippen LogP) is 1.20. The summed E-state index contributed by atoms with van der Waals surface area (Å²) in [5.41, 5.74) is 7.16. The lowest BCUT2D eigenvalue weighted by Gasteiger charge is -2.18. The van der Waals surface area contributed by atoms with Gasteiger partial charge in [-0.25, -0.2) is 9.89 Å². The van der Waals surface area contributed by atoms with Crippen LogP contribution in [0.1, 0.15) is 18.4 Å². The van der Waals surface area contributed by atoms with Crippen LogP contribution in [0.4, 0.5) is 16.4 Å². The van der Waals surface area contributed by atoms with Crippen molar-refractivity contribution in [1.82, 2.24) is 20.5 Å². The molecule has 2 aromatic rings. The van der Waals surface area contributed by atoms with Gasteiger partial charge in [0.05, 0.1) is 5.54 Å². The zero-order chi connectivity index (χ0) is 13.3. The summed E-state index contributed by atoms with van der Waals surface area (Å²) in [5.74, 6) is 0.325. The van der Waals surface area contributed by atoms with Crippen LogP contribution in [0.5, 0.6) is 0 Å². The molecule has 0 radical (unpaired) electrons. The summed E-state index contributed by atoms with van der Waals surface area (Å²) < 4.78 is 0. The molecule has 1 fully saturated rings. The van der Waals surface area contributed by atoms with E-state index < -0.39 is 0 Å². The lowest BCUT2D eigenvalue weighted by atomic mass is 10.0. The van der Waals surface area contributed by atoms with E-state index in [1.165, 1.54) is 6.33 Å². The molecule has 2 amide bonds. The maximum atomic E-state index is 11.9. The Hall–Kier alpha value is -2.57. The van der Waals surface area contributed by atoms with Crippen molar-refractivity contribution in [2.24, 2.45) is 0 Å². The SMILES string of the molecule is Nc1ccc(C2(NC(=O)Nc3ncn[nH]3)CC2)cc1. The summed E-state index contributed by atoms with van der Waals surface area (Å²) in [6.45, 7) is 0. The molecular formula is C12H14N6O. The molecule has 0 bridgehead atoms. The van der Waals surface area contributed by atoms with E-state index in [-0.39, 0.29) is 11.6 Å². The number of aromatic amines is 1. The Morgan fingerprint density at radius 1 is 1.32 bits per heavy atom. The van der Waals surface area contributed by atoms with Crippen LogP contribution in [0, 0.1) is 0 Å². The number of benzene rings is 1. The summed E-state index contributed by atoms with van der Waals surface area (Å²) in [6, 6.07) is 7.26. The first kappa shape index (κ1) is 11.5. The van der Waals surface area contributed by atoms with Gasteiger partial charge in [-0.3, -0.25) is 5.32 Å². The van der Waals surface area contributed by atoms with Crippen molar-refractivity contribution in [3.8, 4) is 0 Å². The molecule has 1 aromatic carbocycles. The van der Waals surface area contributed by atoms with Gasteiger partial charge in [-0.15, -0.1) is 0 Å². The minimum absolute atomic E-state index is 0.280. The maximum Gasteiger partial charge on any atom is 0.322 e. The second-order valence-electron chi connectivity index (χ2n) is 4.62. The Morgan fingerprint density at radius 3 is 2.63 bits per heavy atom. The molecule has 0 aliphatic heterocycles. The molecule has 98 valence electrons. The van der Waals surface area contributed by atoms with Crippen LogP contribution in [0.25, 0.3) is 0 Å². The van der Waals surface area contributed by atoms with Crippen LogP contribution < -0.4 is 16.4 Å². The van der Waals surface area contributed by atoms with Crippen molar-refractivity contribution < 1.29 is 4.79 Å². The zero-order valence-corrected chi connectivity index (χ0v) is 10.2. The smallest absolute Gasteiger partial charge is 0.322 e. The first-order valence-electron chi connectivity index (χ1n) is 5.98. The molecule has 19 heavy (non-hydrogen) atoms. The van der Waals surface area contributed by atoms with Crippen LogP contribution in [0.2, 0.25) is 0 Å². The number of aromatic nitrogens is 3. The zero-order valence-electron chi connectivity index (χ0n) is 10.2. The van der Waals surface area contributed by atoms with Gasteiger partial charge in [-0.05, 0) is 30.5 Å². The molecule has 1 saturated carbocycles. The topological polar surface area (TPSA) is 109 Å². The number of hydrogen-bond acceptors (Lipinski definition) is 4.